The van der Waals surface area contributed by atoms with Crippen LogP contribution in [0.1, 0.15) is 23.5 Å². The van der Waals surface area contributed by atoms with Crippen molar-refractivity contribution in [2.75, 3.05) is 14.2 Å². The van der Waals surface area contributed by atoms with Gasteiger partial charge in [-0.2, -0.15) is 0 Å². The molecule has 0 aliphatic carbocycles. The summed E-state index contributed by atoms with van der Waals surface area (Å²) in [7, 11) is 4.33. The first-order valence-corrected chi connectivity index (χ1v) is 12.1. The first-order chi connectivity index (χ1) is 18.7. The first kappa shape index (κ1) is 25.6. The average molecular weight is 528 g/mol. The number of aromatic hydroxyl groups is 2. The summed E-state index contributed by atoms with van der Waals surface area (Å²) in [6.07, 6.45) is -0.347. The fourth-order valence-electron chi connectivity index (χ4n) is 4.87. The van der Waals surface area contributed by atoms with E-state index in [1.54, 1.807) is 55.6 Å². The predicted octanol–water partition coefficient (Wildman–Crippen LogP) is 4.43. The van der Waals surface area contributed by atoms with Crippen molar-refractivity contribution in [2.24, 2.45) is 7.05 Å². The Kier molecular flexibility index (Phi) is 6.57. The summed E-state index contributed by atoms with van der Waals surface area (Å²) in [5.41, 5.74) is 0.229. The van der Waals surface area contributed by atoms with Crippen molar-refractivity contribution in [3.05, 3.63) is 98.4 Å². The zero-order chi connectivity index (χ0) is 27.8. The van der Waals surface area contributed by atoms with Crippen LogP contribution in [0, 0.1) is 0 Å². The van der Waals surface area contributed by atoms with Gasteiger partial charge >= 0.3 is 5.97 Å². The van der Waals surface area contributed by atoms with Gasteiger partial charge in [-0.05, 0) is 23.6 Å². The van der Waals surface area contributed by atoms with E-state index < -0.39 is 34.4 Å². The lowest BCUT2D eigenvalue weighted by atomic mass is 9.86. The second kappa shape index (κ2) is 10.0. The second-order valence-corrected chi connectivity index (χ2v) is 9.09. The van der Waals surface area contributed by atoms with Gasteiger partial charge in [0.2, 0.25) is 0 Å². The number of benzene rings is 3. The molecule has 2 aromatic heterocycles. The minimum Gasteiger partial charge on any atom is -0.507 e. The smallest absolute Gasteiger partial charge is 0.306 e. The summed E-state index contributed by atoms with van der Waals surface area (Å²) in [5, 5.41) is 22.2. The quantitative estimate of drug-likeness (QED) is 0.311. The third-order valence-corrected chi connectivity index (χ3v) is 6.84. The highest BCUT2D eigenvalue weighted by molar-refractivity contribution is 5.91. The molecule has 0 aliphatic rings. The summed E-state index contributed by atoms with van der Waals surface area (Å²) >= 11 is 0. The van der Waals surface area contributed by atoms with Crippen LogP contribution in [0.5, 0.6) is 17.2 Å². The molecule has 0 aliphatic heterocycles. The minimum atomic E-state index is -1.08. The maximum atomic E-state index is 13.7. The van der Waals surface area contributed by atoms with Gasteiger partial charge in [-0.1, -0.05) is 30.3 Å². The Morgan fingerprint density at radius 1 is 0.974 bits per heavy atom. The number of aromatic nitrogens is 1. The van der Waals surface area contributed by atoms with Gasteiger partial charge < -0.3 is 28.7 Å². The lowest BCUT2D eigenvalue weighted by Gasteiger charge is -2.21. The number of methoxy groups -OCH3 is 2. The molecule has 0 saturated carbocycles. The maximum absolute atomic E-state index is 13.7. The number of phenolic OH excluding ortho intramolecular Hbond substituents is 2. The van der Waals surface area contributed by atoms with E-state index in [2.05, 4.69) is 0 Å². The molecule has 5 rings (SSSR count). The molecule has 9 heteroatoms. The van der Waals surface area contributed by atoms with Crippen molar-refractivity contribution in [2.45, 2.75) is 12.3 Å². The fraction of sp³-hybridized carbons (Fsp3) is 0.167. The van der Waals surface area contributed by atoms with Crippen molar-refractivity contribution in [3.8, 4) is 28.6 Å². The molecular formula is C30H25NO8. The third kappa shape index (κ3) is 4.48. The number of aryl methyl sites for hydroxylation is 1. The molecule has 5 aromatic rings. The molecule has 1 atom stereocenters. The van der Waals surface area contributed by atoms with Crippen LogP contribution in [0.2, 0.25) is 0 Å². The maximum Gasteiger partial charge on any atom is 0.306 e. The van der Waals surface area contributed by atoms with Crippen molar-refractivity contribution in [1.82, 2.24) is 4.57 Å². The van der Waals surface area contributed by atoms with Gasteiger partial charge in [0, 0.05) is 47.9 Å². The topological polar surface area (TPSA) is 128 Å². The molecule has 39 heavy (non-hydrogen) atoms. The molecule has 0 bridgehead atoms. The summed E-state index contributed by atoms with van der Waals surface area (Å²) < 4.78 is 17.8. The highest BCUT2D eigenvalue weighted by Gasteiger charge is 2.30. The van der Waals surface area contributed by atoms with Crippen LogP contribution in [0.4, 0.5) is 0 Å². The summed E-state index contributed by atoms with van der Waals surface area (Å²) in [6, 6.07) is 18.0. The van der Waals surface area contributed by atoms with Crippen molar-refractivity contribution < 1.29 is 28.9 Å². The Morgan fingerprint density at radius 2 is 1.72 bits per heavy atom. The number of hydrogen-bond acceptors (Lipinski definition) is 8. The number of phenols is 2. The fourth-order valence-corrected chi connectivity index (χ4v) is 4.87. The Hall–Kier alpha value is -5.05. The number of pyridine rings is 1. The van der Waals surface area contributed by atoms with E-state index in [9.17, 15) is 24.6 Å². The molecule has 3 aromatic carbocycles. The number of carbonyl (C=O) groups is 1. The second-order valence-electron chi connectivity index (χ2n) is 9.09. The number of hydrogen-bond donors (Lipinski definition) is 2. The SMILES string of the molecule is COC(=O)C[C@@H](c1cc2ccc(OC)cc2n(C)c1=O)c1c(O)cc(O)c2c(=O)cc(-c3ccccc3)oc12. The Balaban J connectivity index is 1.86. The largest absolute Gasteiger partial charge is 0.507 e. The van der Waals surface area contributed by atoms with Crippen molar-refractivity contribution >= 4 is 27.8 Å². The van der Waals surface area contributed by atoms with Crippen molar-refractivity contribution in [3.63, 3.8) is 0 Å². The molecule has 2 N–H and O–H groups in total. The van der Waals surface area contributed by atoms with Gasteiger partial charge in [-0.3, -0.25) is 14.4 Å². The number of fused-ring (bicyclic) bond motifs is 2. The summed E-state index contributed by atoms with van der Waals surface area (Å²) in [5.74, 6) is -1.92. The Morgan fingerprint density at radius 3 is 2.41 bits per heavy atom. The van der Waals surface area contributed by atoms with E-state index in [0.717, 1.165) is 6.07 Å². The van der Waals surface area contributed by atoms with Gasteiger partial charge in [-0.15, -0.1) is 0 Å². The molecule has 198 valence electrons. The molecule has 0 spiro atoms. The van der Waals surface area contributed by atoms with Crippen LogP contribution >= 0.6 is 0 Å². The van der Waals surface area contributed by atoms with Gasteiger partial charge in [0.25, 0.3) is 5.56 Å². The molecule has 0 amide bonds. The van der Waals surface area contributed by atoms with Gasteiger partial charge in [-0.25, -0.2) is 0 Å². The first-order valence-electron chi connectivity index (χ1n) is 12.1. The minimum absolute atomic E-state index is 0.00745. The monoisotopic (exact) mass is 527 g/mol. The lowest BCUT2D eigenvalue weighted by molar-refractivity contribution is -0.140. The standard InChI is InChI=1S/C30H25NO8/c1-31-21-12-18(37-2)10-9-17(21)11-20(30(31)36)19(13-26(35)38-3)27-22(32)14-23(33)28-24(34)15-25(39-29(27)28)16-7-5-4-6-8-16/h4-12,14-15,19,32-33H,13H2,1-3H3/t19-/m0/s1. The molecule has 9 nitrogen and oxygen atoms in total. The van der Waals surface area contributed by atoms with Crippen LogP contribution < -0.4 is 15.7 Å². The Labute approximate surface area is 222 Å². The van der Waals surface area contributed by atoms with Crippen molar-refractivity contribution in [1.29, 1.82) is 0 Å². The van der Waals surface area contributed by atoms with E-state index in [0.29, 0.717) is 22.2 Å². The highest BCUT2D eigenvalue weighted by Crippen LogP contribution is 2.42. The van der Waals surface area contributed by atoms with Crippen LogP contribution in [-0.2, 0) is 16.6 Å². The van der Waals surface area contributed by atoms with Crippen LogP contribution in [-0.4, -0.2) is 35.0 Å². The van der Waals surface area contributed by atoms with Crippen LogP contribution in [0.3, 0.4) is 0 Å². The van der Waals surface area contributed by atoms with Gasteiger partial charge in [0.05, 0.1) is 26.2 Å². The normalized spacial score (nSPS) is 12.0. The molecule has 0 radical (unpaired) electrons. The zero-order valence-corrected chi connectivity index (χ0v) is 21.4. The molecule has 0 fully saturated rings. The zero-order valence-electron chi connectivity index (χ0n) is 21.4. The van der Waals surface area contributed by atoms with Crippen LogP contribution in [0.25, 0.3) is 33.2 Å². The molecule has 0 saturated heterocycles. The van der Waals surface area contributed by atoms with Gasteiger partial charge in [0.15, 0.2) is 5.43 Å². The Bertz CT molecular complexity index is 1850. The van der Waals surface area contributed by atoms with E-state index in [-0.39, 0.29) is 34.3 Å². The summed E-state index contributed by atoms with van der Waals surface area (Å²) in [4.78, 5) is 39.5. The van der Waals surface area contributed by atoms with E-state index >= 15 is 0 Å². The number of carbonyl (C=O) groups excluding carboxylic acids is 1. The van der Waals surface area contributed by atoms with E-state index in [4.69, 9.17) is 13.9 Å². The third-order valence-electron chi connectivity index (χ3n) is 6.84. The van der Waals surface area contributed by atoms with E-state index in [1.807, 2.05) is 6.07 Å². The summed E-state index contributed by atoms with van der Waals surface area (Å²) in [6.45, 7) is 0. The number of nitrogens with zero attached hydrogens (tertiary/aromatic N) is 1. The van der Waals surface area contributed by atoms with Crippen LogP contribution in [0.15, 0.2) is 80.7 Å². The highest BCUT2D eigenvalue weighted by atomic mass is 16.5. The predicted molar refractivity (Wildman–Crippen MR) is 145 cm³/mol. The number of ether oxygens (including phenoxy) is 2. The molecule has 2 heterocycles. The van der Waals surface area contributed by atoms with E-state index in [1.165, 1.54) is 24.9 Å². The number of esters is 1. The molecule has 0 unspecified atom stereocenters. The number of rotatable bonds is 6. The lowest BCUT2D eigenvalue weighted by Crippen LogP contribution is -2.25. The molecular weight excluding hydrogens is 502 g/mol. The van der Waals surface area contributed by atoms with Gasteiger partial charge in [0.1, 0.15) is 34.0 Å². The average Bonchev–Trinajstić information content (AvgIpc) is 2.94.